The maximum atomic E-state index is 13.8. The molecule has 32 heteroatoms. The summed E-state index contributed by atoms with van der Waals surface area (Å²) in [6.45, 7) is 4.19. The molecule has 1 aliphatic heterocycles. The second kappa shape index (κ2) is 41.9. The van der Waals surface area contributed by atoms with Gasteiger partial charge in [0.2, 0.25) is 17.5 Å². The van der Waals surface area contributed by atoms with Gasteiger partial charge in [0.25, 0.3) is 17.6 Å². The molecule has 0 atom stereocenters. The van der Waals surface area contributed by atoms with E-state index in [4.69, 9.17) is 48.5 Å². The molecular formula is C63H81F3N12O17. The number of nitrogens with two attached hydrogens (primary N) is 1. The average Bonchev–Trinajstić information content (AvgIpc) is 1.64. The number of hydrazone groups is 1. The number of ether oxygens (including phenoxy) is 10. The van der Waals surface area contributed by atoms with Crippen LogP contribution in [0.15, 0.2) is 76.9 Å². The Kier molecular flexibility index (Phi) is 33.3. The van der Waals surface area contributed by atoms with Gasteiger partial charge in [0.1, 0.15) is 23.6 Å². The lowest BCUT2D eigenvalue weighted by Crippen LogP contribution is -2.43. The molecule has 3 amide bonds. The van der Waals surface area contributed by atoms with Crippen molar-refractivity contribution in [2.24, 2.45) is 21.4 Å². The molecule has 0 unspecified atom stereocenters. The molecule has 0 radical (unpaired) electrons. The molecule has 1 fully saturated rings. The summed E-state index contributed by atoms with van der Waals surface area (Å²) in [5, 5.41) is 44.2. The molecule has 0 saturated carbocycles. The number of nitrogens with zero attached hydrogens (tertiary/aromatic N) is 8. The van der Waals surface area contributed by atoms with Crippen molar-refractivity contribution in [1.29, 1.82) is 5.26 Å². The number of allylic oxidation sites excluding steroid dienone is 1. The first-order chi connectivity index (χ1) is 46.2. The van der Waals surface area contributed by atoms with Crippen LogP contribution in [0.4, 0.5) is 13.2 Å². The number of hydrogen-bond acceptors (Lipinski definition) is 24. The average molecular weight is 1340 g/mol. The summed E-state index contributed by atoms with van der Waals surface area (Å²) in [6.07, 6.45) is 7.51. The number of carbonyl (C=O) groups is 5. The Morgan fingerprint density at radius 2 is 1.39 bits per heavy atom. The molecule has 0 aliphatic carbocycles. The van der Waals surface area contributed by atoms with Gasteiger partial charge in [-0.25, -0.2) is 23.1 Å². The molecule has 0 spiro atoms. The number of Topliss-reactive ketones (excluding diaryl/α,β-unsaturated/α-hetero) is 1. The number of piperidine rings is 1. The van der Waals surface area contributed by atoms with Gasteiger partial charge in [0.05, 0.1) is 173 Å². The molecule has 29 nitrogen and oxygen atoms in total. The Hall–Kier alpha value is -8.62. The summed E-state index contributed by atoms with van der Waals surface area (Å²) in [4.78, 5) is 82.3. The van der Waals surface area contributed by atoms with Crippen molar-refractivity contribution in [1.82, 2.24) is 40.3 Å². The number of aliphatic hydroxyl groups is 2. The highest BCUT2D eigenvalue weighted by atomic mass is 19.1. The van der Waals surface area contributed by atoms with E-state index in [9.17, 15) is 52.6 Å². The maximum absolute atomic E-state index is 13.8. The summed E-state index contributed by atoms with van der Waals surface area (Å²) in [5.41, 5.74) is 2.09. The zero-order chi connectivity index (χ0) is 68.1. The lowest BCUT2D eigenvalue weighted by Gasteiger charge is -2.30. The monoisotopic (exact) mass is 1330 g/mol. The van der Waals surface area contributed by atoms with Crippen molar-refractivity contribution >= 4 is 57.9 Å². The van der Waals surface area contributed by atoms with Crippen LogP contribution in [0.1, 0.15) is 71.5 Å². The minimum atomic E-state index is -1.32. The number of esters is 1. The fraction of sp³-hybridized carbons (Fsp3) is 0.508. The number of nitriles is 1. The number of halogens is 3. The molecule has 6 rings (SSSR count). The van der Waals surface area contributed by atoms with Gasteiger partial charge in [-0.3, -0.25) is 29.0 Å². The molecule has 4 heterocycles. The molecule has 7 N–H and O–H groups in total. The number of rotatable bonds is 46. The zero-order valence-electron chi connectivity index (χ0n) is 52.9. The molecule has 516 valence electrons. The minimum Gasteiger partial charge on any atom is -0.494 e. The fourth-order valence-corrected chi connectivity index (χ4v) is 9.32. The van der Waals surface area contributed by atoms with Gasteiger partial charge in [0, 0.05) is 62.6 Å². The van der Waals surface area contributed by atoms with Crippen molar-refractivity contribution in [3.63, 3.8) is 0 Å². The van der Waals surface area contributed by atoms with Crippen LogP contribution in [0.25, 0.3) is 22.3 Å². The Labute approximate surface area is 546 Å². The molecule has 0 bridgehead atoms. The normalized spacial score (nSPS) is 12.7. The first-order valence-corrected chi connectivity index (χ1v) is 30.7. The number of fused-ring (bicyclic) bond motifs is 1. The van der Waals surface area contributed by atoms with Gasteiger partial charge >= 0.3 is 5.97 Å². The maximum Gasteiger partial charge on any atom is 0.313 e. The molecule has 1 aliphatic rings. The van der Waals surface area contributed by atoms with E-state index in [1.807, 2.05) is 30.3 Å². The number of amides is 3. The topological polar surface area (TPSA) is 379 Å². The van der Waals surface area contributed by atoms with Crippen LogP contribution in [0.3, 0.4) is 0 Å². The third kappa shape index (κ3) is 24.9. The van der Waals surface area contributed by atoms with Crippen molar-refractivity contribution in [2.75, 3.05) is 159 Å². The fourth-order valence-electron chi connectivity index (χ4n) is 9.32. The minimum absolute atomic E-state index is 0.0168. The van der Waals surface area contributed by atoms with E-state index in [0.29, 0.717) is 119 Å². The first kappa shape index (κ1) is 75.4. The number of likely N-dealkylation sites (tertiary alicyclic amines) is 1. The van der Waals surface area contributed by atoms with Gasteiger partial charge in [0.15, 0.2) is 17.5 Å². The summed E-state index contributed by atoms with van der Waals surface area (Å²) in [6, 6.07) is 12.4. The van der Waals surface area contributed by atoms with Crippen LogP contribution >= 0.6 is 0 Å². The van der Waals surface area contributed by atoms with Crippen LogP contribution in [0.5, 0.6) is 11.5 Å². The lowest BCUT2D eigenvalue weighted by molar-refractivity contribution is -0.136. The van der Waals surface area contributed by atoms with Crippen LogP contribution < -0.4 is 25.9 Å². The predicted octanol–water partition coefficient (Wildman–Crippen LogP) is 3.24. The second-order valence-corrected chi connectivity index (χ2v) is 21.2. The van der Waals surface area contributed by atoms with E-state index < -0.39 is 65.4 Å². The number of benzene rings is 2. The molecule has 1 saturated heterocycles. The summed E-state index contributed by atoms with van der Waals surface area (Å²) >= 11 is 0. The number of aliphatic hydroxyl groups excluding tert-OH is 2. The van der Waals surface area contributed by atoms with Crippen LogP contribution in [0.2, 0.25) is 0 Å². The smallest absolute Gasteiger partial charge is 0.313 e. The quantitative estimate of drug-likeness (QED) is 0.00375. The summed E-state index contributed by atoms with van der Waals surface area (Å²) in [5.74, 6) is -2.36. The molecule has 5 aromatic rings. The summed E-state index contributed by atoms with van der Waals surface area (Å²) < 4.78 is 95.2. The number of ketones is 1. The van der Waals surface area contributed by atoms with E-state index in [2.05, 4.69) is 51.6 Å². The molecule has 95 heavy (non-hydrogen) atoms. The third-order valence-corrected chi connectivity index (χ3v) is 14.5. The largest absolute Gasteiger partial charge is 0.494 e. The third-order valence-electron chi connectivity index (χ3n) is 14.5. The number of pyridine rings is 1. The van der Waals surface area contributed by atoms with Crippen molar-refractivity contribution < 1.29 is 94.7 Å². The van der Waals surface area contributed by atoms with E-state index in [0.717, 1.165) is 11.1 Å². The second-order valence-electron chi connectivity index (χ2n) is 21.2. The van der Waals surface area contributed by atoms with Gasteiger partial charge in [-0.05, 0) is 36.8 Å². The van der Waals surface area contributed by atoms with Crippen LogP contribution in [-0.2, 0) is 52.3 Å². The number of unbranched alkanes of at least 4 members (excludes halogenated alkanes) is 1. The molecule has 3 aromatic heterocycles. The number of carbonyl (C=O) groups excluding carboxylic acids is 5. The predicted molar refractivity (Wildman–Crippen MR) is 335 cm³/mol. The number of nitrogens with one attached hydrogen (secondary N) is 3. The van der Waals surface area contributed by atoms with Gasteiger partial charge in [-0.2, -0.15) is 15.0 Å². The van der Waals surface area contributed by atoms with Crippen LogP contribution in [-0.4, -0.2) is 240 Å². The Balaban J connectivity index is 0.731. The SMILES string of the molecule is COc1cnc(-n2cnc(C(=O)NCCCCC(CO)(CO)CNC(=O)CCOCCOCCOCCOCC(C=NCCOCCOCCOCCOCCC(=O)Oc3c(F)cc(F)cc3F)=NN)n2)c2[nH]cc(C(=O)C(=O)N3CCC(=C(C#N)c4ccccc4)CC3)c12. The summed E-state index contributed by atoms with van der Waals surface area (Å²) in [7, 11) is 1.41. The Morgan fingerprint density at radius 1 is 0.789 bits per heavy atom. The highest BCUT2D eigenvalue weighted by Gasteiger charge is 2.32. The van der Waals surface area contributed by atoms with E-state index in [1.54, 1.807) is 0 Å². The van der Waals surface area contributed by atoms with Crippen molar-refractivity contribution in [3.8, 4) is 23.4 Å². The first-order valence-electron chi connectivity index (χ1n) is 30.7. The van der Waals surface area contributed by atoms with Crippen molar-refractivity contribution in [2.45, 2.75) is 44.9 Å². The van der Waals surface area contributed by atoms with Crippen LogP contribution in [0, 0.1) is 34.2 Å². The Bertz CT molecular complexity index is 3350. The van der Waals surface area contributed by atoms with Gasteiger partial charge < -0.3 is 83.9 Å². The molecule has 2 aromatic carbocycles. The van der Waals surface area contributed by atoms with E-state index in [-0.39, 0.29) is 127 Å². The highest BCUT2D eigenvalue weighted by Crippen LogP contribution is 2.33. The number of aromatic amines is 1. The van der Waals surface area contributed by atoms with Crippen molar-refractivity contribution in [3.05, 3.63) is 101 Å². The molecular weight excluding hydrogens is 1250 g/mol. The van der Waals surface area contributed by atoms with Gasteiger partial charge in [-0.1, -0.05) is 36.8 Å². The standard InChI is InChI=1S/C63H81F3N12O17/c1-86-52-38-72-60(56-55(52)49(37-71-56)57(83)62(85)77-16-9-45(10-17-77)48(35-67)44-7-3-2-4-8-44)78-43-74-59(76-78)61(84)70-14-6-5-13-63(41-79,42-80)40-73-53(81)11-18-87-21-24-90-29-30-93-31-32-94-39-47(75-68)36-69-15-20-89-23-26-92-28-27-91-25-22-88-19-12-54(82)95-58-50(65)33-46(64)34-51(58)66/h2-4,7-8,33-34,36-38,43,71,79-80H,5-6,9-32,39-42,68H2,1H3,(H,70,84)(H,73,81). The zero-order valence-corrected chi connectivity index (χ0v) is 52.9. The lowest BCUT2D eigenvalue weighted by atomic mass is 9.84. The number of H-pyrrole nitrogens is 1. The number of hydrogen-bond donors (Lipinski definition) is 6. The highest BCUT2D eigenvalue weighted by molar-refractivity contribution is 6.45. The van der Waals surface area contributed by atoms with E-state index >= 15 is 0 Å². The Morgan fingerprint density at radius 3 is 1.99 bits per heavy atom. The number of methoxy groups -OCH3 is 1. The van der Waals surface area contributed by atoms with Gasteiger partial charge in [-0.15, -0.1) is 5.10 Å². The number of aliphatic imine (C=N–C) groups is 1. The van der Waals surface area contributed by atoms with E-state index in [1.165, 1.54) is 41.6 Å². The number of aromatic nitrogens is 5.